The molecule has 0 saturated carbocycles. The van der Waals surface area contributed by atoms with Gasteiger partial charge in [-0.3, -0.25) is 4.79 Å². The Morgan fingerprint density at radius 1 is 1.24 bits per heavy atom. The van der Waals surface area contributed by atoms with Gasteiger partial charge < -0.3 is 4.90 Å². The van der Waals surface area contributed by atoms with Crippen molar-refractivity contribution in [2.45, 2.75) is 32.2 Å². The van der Waals surface area contributed by atoms with Gasteiger partial charge in [0.15, 0.2) is 0 Å². The molecule has 1 unspecified atom stereocenters. The maximum Gasteiger partial charge on any atom is 0.254 e. The van der Waals surface area contributed by atoms with Gasteiger partial charge in [0, 0.05) is 12.1 Å². The molecular weight excluding hydrogens is 335 g/mol. The van der Waals surface area contributed by atoms with Crippen LogP contribution in [0.15, 0.2) is 42.5 Å². The molecule has 0 spiro atoms. The summed E-state index contributed by atoms with van der Waals surface area (Å²) in [6, 6.07) is 12.7. The number of fused-ring (bicyclic) bond motifs is 1. The smallest absolute Gasteiger partial charge is 0.254 e. The molecule has 1 aromatic heterocycles. The van der Waals surface area contributed by atoms with E-state index in [-0.39, 0.29) is 17.8 Å². The van der Waals surface area contributed by atoms with Gasteiger partial charge in [-0.2, -0.15) is 0 Å². The van der Waals surface area contributed by atoms with Gasteiger partial charge in [0.05, 0.1) is 16.3 Å². The summed E-state index contributed by atoms with van der Waals surface area (Å²) in [6.45, 7) is 2.39. The number of amides is 1. The SMILES string of the molecule is Cc1ccc(C(=O)N2CCCCC2c2nc3ccccc3s2)cc1F. The highest BCUT2D eigenvalue weighted by molar-refractivity contribution is 7.18. The minimum Gasteiger partial charge on any atom is -0.329 e. The van der Waals surface area contributed by atoms with Crippen LogP contribution >= 0.6 is 11.3 Å². The number of carbonyl (C=O) groups is 1. The quantitative estimate of drug-likeness (QED) is 0.640. The molecule has 1 aliphatic heterocycles. The highest BCUT2D eigenvalue weighted by Crippen LogP contribution is 2.36. The van der Waals surface area contributed by atoms with E-state index >= 15 is 0 Å². The summed E-state index contributed by atoms with van der Waals surface area (Å²) in [6.07, 6.45) is 2.95. The van der Waals surface area contributed by atoms with Crippen molar-refractivity contribution in [2.24, 2.45) is 0 Å². The molecular formula is C20H19FN2OS. The van der Waals surface area contributed by atoms with E-state index in [0.29, 0.717) is 17.7 Å². The average Bonchev–Trinajstić information content (AvgIpc) is 3.07. The van der Waals surface area contributed by atoms with Crippen LogP contribution in [0.2, 0.25) is 0 Å². The number of rotatable bonds is 2. The fourth-order valence-electron chi connectivity index (χ4n) is 3.36. The van der Waals surface area contributed by atoms with E-state index in [0.717, 1.165) is 34.5 Å². The van der Waals surface area contributed by atoms with Crippen molar-refractivity contribution in [1.82, 2.24) is 9.88 Å². The fraction of sp³-hybridized carbons (Fsp3) is 0.300. The molecule has 3 aromatic rings. The number of benzene rings is 2. The highest BCUT2D eigenvalue weighted by atomic mass is 32.1. The van der Waals surface area contributed by atoms with Gasteiger partial charge in [-0.1, -0.05) is 18.2 Å². The molecule has 5 heteroatoms. The molecule has 1 amide bonds. The lowest BCUT2D eigenvalue weighted by Gasteiger charge is -2.34. The number of hydrogen-bond donors (Lipinski definition) is 0. The van der Waals surface area contributed by atoms with Crippen molar-refractivity contribution < 1.29 is 9.18 Å². The molecule has 2 heterocycles. The van der Waals surface area contributed by atoms with E-state index in [1.54, 1.807) is 30.4 Å². The minimum absolute atomic E-state index is 0.0250. The molecule has 1 saturated heterocycles. The van der Waals surface area contributed by atoms with Crippen molar-refractivity contribution in [3.05, 3.63) is 64.4 Å². The molecule has 1 fully saturated rings. The van der Waals surface area contributed by atoms with Gasteiger partial charge in [0.25, 0.3) is 5.91 Å². The van der Waals surface area contributed by atoms with Crippen LogP contribution in [0.25, 0.3) is 10.2 Å². The van der Waals surface area contributed by atoms with E-state index in [4.69, 9.17) is 4.98 Å². The summed E-state index contributed by atoms with van der Waals surface area (Å²) in [5, 5.41) is 0.974. The standard InChI is InChI=1S/C20H19FN2OS/c1-13-9-10-14(12-15(13)21)20(24)23-11-5-4-7-17(23)19-22-16-6-2-3-8-18(16)25-19/h2-3,6,8-10,12,17H,4-5,7,11H2,1H3. The maximum atomic E-state index is 13.9. The minimum atomic E-state index is -0.334. The van der Waals surface area contributed by atoms with Crippen molar-refractivity contribution >= 4 is 27.5 Å². The zero-order valence-corrected chi connectivity index (χ0v) is 14.9. The zero-order valence-electron chi connectivity index (χ0n) is 14.0. The Kier molecular flexibility index (Phi) is 4.25. The molecule has 4 rings (SSSR count). The molecule has 2 aromatic carbocycles. The second-order valence-electron chi connectivity index (χ2n) is 6.49. The van der Waals surface area contributed by atoms with Gasteiger partial charge in [-0.15, -0.1) is 11.3 Å². The molecule has 25 heavy (non-hydrogen) atoms. The third-order valence-corrected chi connectivity index (χ3v) is 5.92. The number of carbonyl (C=O) groups excluding carboxylic acids is 1. The summed E-state index contributed by atoms with van der Waals surface area (Å²) >= 11 is 1.65. The first-order chi connectivity index (χ1) is 12.1. The molecule has 0 radical (unpaired) electrons. The normalized spacial score (nSPS) is 17.8. The molecule has 0 bridgehead atoms. The molecule has 3 nitrogen and oxygen atoms in total. The Balaban J connectivity index is 1.68. The van der Waals surface area contributed by atoms with Crippen LogP contribution in [-0.4, -0.2) is 22.3 Å². The van der Waals surface area contributed by atoms with Gasteiger partial charge in [0.1, 0.15) is 10.8 Å². The number of aryl methyl sites for hydroxylation is 1. The first-order valence-electron chi connectivity index (χ1n) is 8.56. The maximum absolute atomic E-state index is 13.9. The number of thiazole rings is 1. The summed E-state index contributed by atoms with van der Waals surface area (Å²) in [4.78, 5) is 19.6. The van der Waals surface area contributed by atoms with Crippen molar-refractivity contribution in [3.63, 3.8) is 0 Å². The first kappa shape index (κ1) is 16.2. The topological polar surface area (TPSA) is 33.2 Å². The lowest BCUT2D eigenvalue weighted by molar-refractivity contribution is 0.0611. The Hall–Kier alpha value is -2.27. The second-order valence-corrected chi connectivity index (χ2v) is 7.56. The van der Waals surface area contributed by atoms with Gasteiger partial charge >= 0.3 is 0 Å². The Morgan fingerprint density at radius 3 is 2.88 bits per heavy atom. The van der Waals surface area contributed by atoms with Crippen LogP contribution in [0, 0.1) is 12.7 Å². The fourth-order valence-corrected chi connectivity index (χ4v) is 4.47. The number of para-hydroxylation sites is 1. The van der Waals surface area contributed by atoms with Crippen LogP contribution in [0.5, 0.6) is 0 Å². The predicted molar refractivity (Wildman–Crippen MR) is 98.4 cm³/mol. The molecule has 1 aliphatic rings. The van der Waals surface area contributed by atoms with Crippen molar-refractivity contribution in [3.8, 4) is 0 Å². The van der Waals surface area contributed by atoms with Crippen LogP contribution in [0.3, 0.4) is 0 Å². The van der Waals surface area contributed by atoms with E-state index in [1.807, 2.05) is 23.1 Å². The Bertz CT molecular complexity index is 903. The summed E-state index contributed by atoms with van der Waals surface area (Å²) in [5.74, 6) is -0.442. The number of likely N-dealkylation sites (tertiary alicyclic amines) is 1. The second kappa shape index (κ2) is 6.56. The molecule has 1 atom stereocenters. The molecule has 0 N–H and O–H groups in total. The summed E-state index contributed by atoms with van der Waals surface area (Å²) < 4.78 is 15.0. The van der Waals surface area contributed by atoms with E-state index in [1.165, 1.54) is 6.07 Å². The van der Waals surface area contributed by atoms with Crippen LogP contribution in [0.1, 0.15) is 46.2 Å². The lowest BCUT2D eigenvalue weighted by Crippen LogP contribution is -2.38. The highest BCUT2D eigenvalue weighted by Gasteiger charge is 2.31. The van der Waals surface area contributed by atoms with Crippen LogP contribution in [0.4, 0.5) is 4.39 Å². The largest absolute Gasteiger partial charge is 0.329 e. The first-order valence-corrected chi connectivity index (χ1v) is 9.38. The zero-order chi connectivity index (χ0) is 17.4. The monoisotopic (exact) mass is 354 g/mol. The van der Waals surface area contributed by atoms with Gasteiger partial charge in [-0.05, 0) is 56.0 Å². The molecule has 128 valence electrons. The Labute approximate surface area is 150 Å². The van der Waals surface area contributed by atoms with E-state index < -0.39 is 0 Å². The van der Waals surface area contributed by atoms with Crippen LogP contribution < -0.4 is 0 Å². The molecule has 0 aliphatic carbocycles. The third kappa shape index (κ3) is 3.04. The predicted octanol–water partition coefficient (Wildman–Crippen LogP) is 5.11. The average molecular weight is 354 g/mol. The van der Waals surface area contributed by atoms with E-state index in [9.17, 15) is 9.18 Å². The van der Waals surface area contributed by atoms with Gasteiger partial charge in [0.2, 0.25) is 0 Å². The number of aromatic nitrogens is 1. The number of nitrogens with zero attached hydrogens (tertiary/aromatic N) is 2. The van der Waals surface area contributed by atoms with E-state index in [2.05, 4.69) is 6.07 Å². The lowest BCUT2D eigenvalue weighted by atomic mass is 10.0. The number of hydrogen-bond acceptors (Lipinski definition) is 3. The number of piperidine rings is 1. The summed E-state index contributed by atoms with van der Waals surface area (Å²) in [7, 11) is 0. The van der Waals surface area contributed by atoms with Gasteiger partial charge in [-0.25, -0.2) is 9.37 Å². The third-order valence-electron chi connectivity index (χ3n) is 4.78. The van der Waals surface area contributed by atoms with Crippen LogP contribution in [-0.2, 0) is 0 Å². The summed E-state index contributed by atoms with van der Waals surface area (Å²) in [5.41, 5.74) is 1.94. The number of halogens is 1. The van der Waals surface area contributed by atoms with Crippen molar-refractivity contribution in [1.29, 1.82) is 0 Å². The van der Waals surface area contributed by atoms with Crippen molar-refractivity contribution in [2.75, 3.05) is 6.54 Å². The Morgan fingerprint density at radius 2 is 2.08 bits per heavy atom.